The maximum absolute atomic E-state index is 11.7. The smallest absolute Gasteiger partial charge is 0.228 e. The van der Waals surface area contributed by atoms with Crippen molar-refractivity contribution in [3.8, 4) is 5.75 Å². The number of benzene rings is 1. The summed E-state index contributed by atoms with van der Waals surface area (Å²) in [5, 5.41) is 0. The van der Waals surface area contributed by atoms with Crippen molar-refractivity contribution in [1.82, 2.24) is 0 Å². The van der Waals surface area contributed by atoms with Crippen LogP contribution in [0.1, 0.15) is 5.56 Å². The molecule has 68 valence electrons. The molecule has 0 aliphatic rings. The molecule has 0 spiro atoms. The highest BCUT2D eigenvalue weighted by Crippen LogP contribution is 2.16. The van der Waals surface area contributed by atoms with Crippen molar-refractivity contribution in [2.45, 2.75) is 6.54 Å². The van der Waals surface area contributed by atoms with Crippen molar-refractivity contribution >= 4 is 12.4 Å². The lowest BCUT2D eigenvalue weighted by molar-refractivity contribution is 0.190. The van der Waals surface area contributed by atoms with Gasteiger partial charge in [0, 0.05) is 12.1 Å². The van der Waals surface area contributed by atoms with Gasteiger partial charge in [-0.3, -0.25) is 0 Å². The molecule has 12 heavy (non-hydrogen) atoms. The largest absolute Gasteiger partial charge is 0.463 e. The van der Waals surface area contributed by atoms with Crippen LogP contribution in [0.5, 0.6) is 5.75 Å². The normalized spacial score (nSPS) is 8.83. The highest BCUT2D eigenvalue weighted by molar-refractivity contribution is 5.85. The first-order valence-electron chi connectivity index (χ1n) is 3.35. The monoisotopic (exact) mass is 191 g/mol. The highest BCUT2D eigenvalue weighted by Gasteiger charge is 1.98. The molecule has 0 aliphatic heterocycles. The third kappa shape index (κ3) is 2.68. The Morgan fingerprint density at radius 3 is 2.58 bits per heavy atom. The molecule has 4 heteroatoms. The van der Waals surface area contributed by atoms with Gasteiger partial charge in [-0.05, 0) is 6.07 Å². The van der Waals surface area contributed by atoms with E-state index in [0.717, 1.165) is 5.56 Å². The van der Waals surface area contributed by atoms with Crippen molar-refractivity contribution in [2.24, 2.45) is 5.73 Å². The van der Waals surface area contributed by atoms with E-state index in [1.807, 2.05) is 12.1 Å². The molecular formula is C8H11ClFNO. The first-order valence-corrected chi connectivity index (χ1v) is 3.35. The Morgan fingerprint density at radius 2 is 2.00 bits per heavy atom. The quantitative estimate of drug-likeness (QED) is 0.792. The summed E-state index contributed by atoms with van der Waals surface area (Å²) in [6, 6.07) is 7.13. The van der Waals surface area contributed by atoms with Crippen LogP contribution in [-0.2, 0) is 6.54 Å². The van der Waals surface area contributed by atoms with E-state index >= 15 is 0 Å². The molecule has 0 amide bonds. The molecule has 0 unspecified atom stereocenters. The van der Waals surface area contributed by atoms with Gasteiger partial charge in [0.2, 0.25) is 6.86 Å². The molecule has 0 bridgehead atoms. The summed E-state index contributed by atoms with van der Waals surface area (Å²) in [5.74, 6) is 0.525. The Labute approximate surface area is 76.9 Å². The predicted octanol–water partition coefficient (Wildman–Crippen LogP) is 1.87. The van der Waals surface area contributed by atoms with Gasteiger partial charge in [0.05, 0.1) is 0 Å². The van der Waals surface area contributed by atoms with Crippen LogP contribution in [-0.4, -0.2) is 6.86 Å². The van der Waals surface area contributed by atoms with Crippen LogP contribution in [0.3, 0.4) is 0 Å². The molecule has 0 radical (unpaired) electrons. The fourth-order valence-electron chi connectivity index (χ4n) is 0.872. The molecular weight excluding hydrogens is 181 g/mol. The predicted molar refractivity (Wildman–Crippen MR) is 48.2 cm³/mol. The lowest BCUT2D eigenvalue weighted by atomic mass is 10.2. The van der Waals surface area contributed by atoms with Crippen LogP contribution in [0, 0.1) is 0 Å². The van der Waals surface area contributed by atoms with E-state index in [9.17, 15) is 4.39 Å². The number of rotatable bonds is 3. The summed E-state index contributed by atoms with van der Waals surface area (Å²) in [6.45, 7) is -0.437. The number of hydrogen-bond acceptors (Lipinski definition) is 2. The van der Waals surface area contributed by atoms with Gasteiger partial charge in [0.1, 0.15) is 5.75 Å². The lowest BCUT2D eigenvalue weighted by Gasteiger charge is -2.05. The minimum Gasteiger partial charge on any atom is -0.463 e. The Balaban J connectivity index is 0.00000121. The Bertz CT molecular complexity index is 232. The Morgan fingerprint density at radius 1 is 1.33 bits per heavy atom. The average Bonchev–Trinajstić information content (AvgIpc) is 2.06. The fourth-order valence-corrected chi connectivity index (χ4v) is 0.872. The van der Waals surface area contributed by atoms with Crippen molar-refractivity contribution < 1.29 is 9.13 Å². The van der Waals surface area contributed by atoms with Gasteiger partial charge in [-0.2, -0.15) is 0 Å². The summed E-state index contributed by atoms with van der Waals surface area (Å²) in [5.41, 5.74) is 6.20. The molecule has 0 fully saturated rings. The number of para-hydroxylation sites is 1. The molecule has 0 saturated carbocycles. The Kier molecular flexibility index (Phi) is 5.41. The number of nitrogens with two attached hydrogens (primary N) is 1. The van der Waals surface area contributed by atoms with Gasteiger partial charge < -0.3 is 10.5 Å². The van der Waals surface area contributed by atoms with E-state index in [1.54, 1.807) is 12.1 Å². The second-order valence-corrected chi connectivity index (χ2v) is 2.07. The summed E-state index contributed by atoms with van der Waals surface area (Å²) < 4.78 is 16.4. The molecule has 0 aromatic heterocycles. The van der Waals surface area contributed by atoms with Crippen LogP contribution in [0.15, 0.2) is 24.3 Å². The Hall–Kier alpha value is -0.800. The molecule has 2 N–H and O–H groups in total. The minimum atomic E-state index is -0.809. The first-order chi connectivity index (χ1) is 5.38. The summed E-state index contributed by atoms with van der Waals surface area (Å²) in [7, 11) is 0. The van der Waals surface area contributed by atoms with Gasteiger partial charge in [-0.1, -0.05) is 18.2 Å². The third-order valence-corrected chi connectivity index (χ3v) is 1.40. The third-order valence-electron chi connectivity index (χ3n) is 1.40. The molecule has 1 aromatic carbocycles. The average molecular weight is 192 g/mol. The molecule has 0 atom stereocenters. The summed E-state index contributed by atoms with van der Waals surface area (Å²) in [6.07, 6.45) is 0. The number of hydrogen-bond donors (Lipinski definition) is 1. The molecule has 2 nitrogen and oxygen atoms in total. The second kappa shape index (κ2) is 5.80. The van der Waals surface area contributed by atoms with Crippen molar-refractivity contribution in [3.05, 3.63) is 29.8 Å². The maximum atomic E-state index is 11.7. The van der Waals surface area contributed by atoms with E-state index in [2.05, 4.69) is 4.74 Å². The zero-order valence-electron chi connectivity index (χ0n) is 6.50. The van der Waals surface area contributed by atoms with E-state index in [0.29, 0.717) is 12.3 Å². The fraction of sp³-hybridized carbons (Fsp3) is 0.250. The number of ether oxygens (including phenoxy) is 1. The highest BCUT2D eigenvalue weighted by atomic mass is 35.5. The van der Waals surface area contributed by atoms with E-state index in [-0.39, 0.29) is 12.4 Å². The van der Waals surface area contributed by atoms with Gasteiger partial charge in [0.25, 0.3) is 0 Å². The zero-order chi connectivity index (χ0) is 8.10. The zero-order valence-corrected chi connectivity index (χ0v) is 7.31. The van der Waals surface area contributed by atoms with Crippen LogP contribution < -0.4 is 10.5 Å². The van der Waals surface area contributed by atoms with E-state index in [1.165, 1.54) is 0 Å². The number of alkyl halides is 1. The molecule has 1 rings (SSSR count). The van der Waals surface area contributed by atoms with Crippen LogP contribution >= 0.6 is 12.4 Å². The minimum absolute atomic E-state index is 0. The number of halogens is 2. The van der Waals surface area contributed by atoms with Gasteiger partial charge in [0.15, 0.2) is 0 Å². The molecule has 0 aliphatic carbocycles. The lowest BCUT2D eigenvalue weighted by Crippen LogP contribution is -2.00. The van der Waals surface area contributed by atoms with Crippen LogP contribution in [0.25, 0.3) is 0 Å². The van der Waals surface area contributed by atoms with E-state index < -0.39 is 6.86 Å². The molecule has 0 heterocycles. The summed E-state index contributed by atoms with van der Waals surface area (Å²) in [4.78, 5) is 0. The topological polar surface area (TPSA) is 35.2 Å². The van der Waals surface area contributed by atoms with Crippen molar-refractivity contribution in [3.63, 3.8) is 0 Å². The second-order valence-electron chi connectivity index (χ2n) is 2.07. The molecule has 0 saturated heterocycles. The standard InChI is InChI=1S/C8H10FNO.ClH/c9-6-11-8-4-2-1-3-7(8)5-10;/h1-4H,5-6,10H2;1H. The maximum Gasteiger partial charge on any atom is 0.228 e. The van der Waals surface area contributed by atoms with Crippen molar-refractivity contribution in [1.29, 1.82) is 0 Å². The van der Waals surface area contributed by atoms with Crippen molar-refractivity contribution in [2.75, 3.05) is 6.86 Å². The first kappa shape index (κ1) is 11.2. The van der Waals surface area contributed by atoms with Crippen LogP contribution in [0.2, 0.25) is 0 Å². The van der Waals surface area contributed by atoms with Gasteiger partial charge >= 0.3 is 0 Å². The van der Waals surface area contributed by atoms with Gasteiger partial charge in [-0.15, -0.1) is 12.4 Å². The summed E-state index contributed by atoms with van der Waals surface area (Å²) >= 11 is 0. The van der Waals surface area contributed by atoms with Crippen LogP contribution in [0.4, 0.5) is 4.39 Å². The van der Waals surface area contributed by atoms with E-state index in [4.69, 9.17) is 5.73 Å². The SMILES string of the molecule is Cl.NCc1ccccc1OCF. The molecule has 1 aromatic rings. The van der Waals surface area contributed by atoms with Gasteiger partial charge in [-0.25, -0.2) is 4.39 Å².